The summed E-state index contributed by atoms with van der Waals surface area (Å²) in [7, 11) is 0. The number of amides is 1. The number of nitrogens with one attached hydrogen (secondary N) is 1. The normalized spacial score (nSPS) is 11.2. The van der Waals surface area contributed by atoms with Crippen LogP contribution in [0.25, 0.3) is 21.9 Å². The summed E-state index contributed by atoms with van der Waals surface area (Å²) < 4.78 is 1.88. The zero-order chi connectivity index (χ0) is 19.0. The van der Waals surface area contributed by atoms with Gasteiger partial charge in [-0.1, -0.05) is 37.3 Å². The third kappa shape index (κ3) is 3.16. The fourth-order valence-electron chi connectivity index (χ4n) is 3.32. The average Bonchev–Trinajstić information content (AvgIpc) is 2.97. The highest BCUT2D eigenvalue weighted by atomic mass is 16.1. The molecule has 2 aromatic carbocycles. The molecule has 0 aliphatic rings. The monoisotopic (exact) mass is 358 g/mol. The molecule has 136 valence electrons. The van der Waals surface area contributed by atoms with E-state index in [9.17, 15) is 4.79 Å². The van der Waals surface area contributed by atoms with Crippen molar-refractivity contribution < 1.29 is 4.79 Å². The van der Waals surface area contributed by atoms with E-state index in [2.05, 4.69) is 48.5 Å². The summed E-state index contributed by atoms with van der Waals surface area (Å²) in [5.74, 6) is 0.404. The van der Waals surface area contributed by atoms with Gasteiger partial charge in [0.05, 0.1) is 10.9 Å². The maximum Gasteiger partial charge on any atom is 0.257 e. The number of pyridine rings is 1. The lowest BCUT2D eigenvalue weighted by molar-refractivity contribution is 0.102. The number of hydrogen-bond acceptors (Lipinski definition) is 3. The van der Waals surface area contributed by atoms with Crippen molar-refractivity contribution in [2.45, 2.75) is 33.7 Å². The van der Waals surface area contributed by atoms with Gasteiger partial charge in [-0.2, -0.15) is 5.10 Å². The quantitative estimate of drug-likeness (QED) is 0.566. The van der Waals surface area contributed by atoms with Crippen LogP contribution in [0, 0.1) is 13.8 Å². The summed E-state index contributed by atoms with van der Waals surface area (Å²) in [6.07, 6.45) is 0.940. The van der Waals surface area contributed by atoms with Crippen molar-refractivity contribution in [2.75, 3.05) is 5.32 Å². The fraction of sp³-hybridized carbons (Fsp3) is 0.227. The van der Waals surface area contributed by atoms with Gasteiger partial charge < -0.3 is 5.32 Å². The number of fused-ring (bicyclic) bond motifs is 2. The summed E-state index contributed by atoms with van der Waals surface area (Å²) in [5.41, 5.74) is 4.50. The largest absolute Gasteiger partial charge is 0.304 e. The SMILES string of the molecule is CCCn1nc(NC(=O)c2ccccc2C)c2cc3ccc(C)cc3nc21. The van der Waals surface area contributed by atoms with Crippen molar-refractivity contribution in [3.63, 3.8) is 0 Å². The number of anilines is 1. The van der Waals surface area contributed by atoms with E-state index < -0.39 is 0 Å². The molecule has 2 heterocycles. The third-order valence-electron chi connectivity index (χ3n) is 4.73. The maximum absolute atomic E-state index is 12.8. The molecule has 5 nitrogen and oxygen atoms in total. The zero-order valence-electron chi connectivity index (χ0n) is 15.8. The number of rotatable bonds is 4. The minimum Gasteiger partial charge on any atom is -0.304 e. The molecule has 27 heavy (non-hydrogen) atoms. The minimum atomic E-state index is -0.153. The molecule has 0 fully saturated rings. The van der Waals surface area contributed by atoms with E-state index in [-0.39, 0.29) is 5.91 Å². The van der Waals surface area contributed by atoms with Gasteiger partial charge in [-0.15, -0.1) is 0 Å². The molecule has 0 atom stereocenters. The number of aromatic nitrogens is 3. The molecular weight excluding hydrogens is 336 g/mol. The lowest BCUT2D eigenvalue weighted by Crippen LogP contribution is -2.14. The van der Waals surface area contributed by atoms with Gasteiger partial charge in [0.25, 0.3) is 5.91 Å². The lowest BCUT2D eigenvalue weighted by atomic mass is 10.1. The Bertz CT molecular complexity index is 1160. The second kappa shape index (κ2) is 6.83. The van der Waals surface area contributed by atoms with Crippen molar-refractivity contribution in [1.29, 1.82) is 0 Å². The highest BCUT2D eigenvalue weighted by Crippen LogP contribution is 2.27. The van der Waals surface area contributed by atoms with Crippen molar-refractivity contribution >= 4 is 33.7 Å². The van der Waals surface area contributed by atoms with Gasteiger partial charge >= 0.3 is 0 Å². The average molecular weight is 358 g/mol. The second-order valence-corrected chi connectivity index (χ2v) is 6.90. The van der Waals surface area contributed by atoms with Crippen LogP contribution in [0.2, 0.25) is 0 Å². The molecule has 0 saturated heterocycles. The van der Waals surface area contributed by atoms with Crippen LogP contribution in [-0.4, -0.2) is 20.7 Å². The van der Waals surface area contributed by atoms with Crippen LogP contribution in [0.15, 0.2) is 48.5 Å². The standard InChI is InChI=1S/C22H22N4O/c1-4-11-26-21-18(13-16-10-9-14(2)12-19(16)23-21)20(25-26)24-22(27)17-8-6-5-7-15(17)3/h5-10,12-13H,4,11H2,1-3H3,(H,24,25,27). The Hall–Kier alpha value is -3.21. The number of carbonyl (C=O) groups excluding carboxylic acids is 1. The van der Waals surface area contributed by atoms with Crippen LogP contribution in [0.5, 0.6) is 0 Å². The van der Waals surface area contributed by atoms with Gasteiger partial charge in [-0.05, 0) is 49.6 Å². The maximum atomic E-state index is 12.8. The van der Waals surface area contributed by atoms with E-state index in [0.717, 1.165) is 40.5 Å². The smallest absolute Gasteiger partial charge is 0.257 e. The topological polar surface area (TPSA) is 59.8 Å². The molecule has 2 aromatic heterocycles. The Morgan fingerprint density at radius 1 is 1.11 bits per heavy atom. The first-order valence-corrected chi connectivity index (χ1v) is 9.21. The molecular formula is C22H22N4O. The van der Waals surface area contributed by atoms with E-state index in [4.69, 9.17) is 4.98 Å². The molecule has 0 aliphatic heterocycles. The van der Waals surface area contributed by atoms with Crippen molar-refractivity contribution in [1.82, 2.24) is 14.8 Å². The first-order valence-electron chi connectivity index (χ1n) is 9.21. The predicted molar refractivity (Wildman–Crippen MR) is 109 cm³/mol. The molecule has 0 aliphatic carbocycles. The first-order chi connectivity index (χ1) is 13.1. The van der Waals surface area contributed by atoms with E-state index in [1.807, 2.05) is 35.9 Å². The Kier molecular flexibility index (Phi) is 4.36. The Labute approximate surface area is 158 Å². The molecule has 1 amide bonds. The minimum absolute atomic E-state index is 0.153. The van der Waals surface area contributed by atoms with Crippen LogP contribution in [-0.2, 0) is 6.54 Å². The van der Waals surface area contributed by atoms with Crippen LogP contribution >= 0.6 is 0 Å². The Morgan fingerprint density at radius 2 is 1.93 bits per heavy atom. The summed E-state index contributed by atoms with van der Waals surface area (Å²) in [5, 5.41) is 9.53. The van der Waals surface area contributed by atoms with Crippen molar-refractivity contribution in [3.8, 4) is 0 Å². The molecule has 0 radical (unpaired) electrons. The van der Waals surface area contributed by atoms with Gasteiger partial charge in [0, 0.05) is 17.5 Å². The van der Waals surface area contributed by atoms with Gasteiger partial charge in [0.15, 0.2) is 11.5 Å². The van der Waals surface area contributed by atoms with E-state index in [0.29, 0.717) is 11.4 Å². The van der Waals surface area contributed by atoms with Crippen molar-refractivity contribution in [2.24, 2.45) is 0 Å². The van der Waals surface area contributed by atoms with Crippen molar-refractivity contribution in [3.05, 3.63) is 65.2 Å². The molecule has 5 heteroatoms. The highest BCUT2D eigenvalue weighted by molar-refractivity contribution is 6.09. The first kappa shape index (κ1) is 17.2. The van der Waals surface area contributed by atoms with Crippen LogP contribution in [0.1, 0.15) is 34.8 Å². The molecule has 0 spiro atoms. The Balaban J connectivity index is 1.83. The molecule has 4 rings (SSSR count). The molecule has 0 unspecified atom stereocenters. The molecule has 0 saturated carbocycles. The van der Waals surface area contributed by atoms with Crippen LogP contribution in [0.3, 0.4) is 0 Å². The summed E-state index contributed by atoms with van der Waals surface area (Å²) in [4.78, 5) is 17.6. The molecule has 0 bridgehead atoms. The highest BCUT2D eigenvalue weighted by Gasteiger charge is 2.17. The number of aryl methyl sites for hydroxylation is 3. The van der Waals surface area contributed by atoms with Gasteiger partial charge in [0.2, 0.25) is 0 Å². The van der Waals surface area contributed by atoms with Crippen LogP contribution in [0.4, 0.5) is 5.82 Å². The summed E-state index contributed by atoms with van der Waals surface area (Å²) in [6.45, 7) is 6.84. The number of nitrogens with zero attached hydrogens (tertiary/aromatic N) is 3. The predicted octanol–water partition coefficient (Wildman–Crippen LogP) is 4.86. The van der Waals surface area contributed by atoms with Gasteiger partial charge in [0.1, 0.15) is 0 Å². The van der Waals surface area contributed by atoms with E-state index >= 15 is 0 Å². The van der Waals surface area contributed by atoms with Crippen LogP contribution < -0.4 is 5.32 Å². The zero-order valence-corrected chi connectivity index (χ0v) is 15.8. The second-order valence-electron chi connectivity index (χ2n) is 6.90. The van der Waals surface area contributed by atoms with Gasteiger partial charge in [-0.3, -0.25) is 4.79 Å². The molecule has 1 N–H and O–H groups in total. The van der Waals surface area contributed by atoms with E-state index in [1.54, 1.807) is 0 Å². The number of carbonyl (C=O) groups is 1. The van der Waals surface area contributed by atoms with Gasteiger partial charge in [-0.25, -0.2) is 9.67 Å². The summed E-state index contributed by atoms with van der Waals surface area (Å²) in [6, 6.07) is 15.8. The van der Waals surface area contributed by atoms with E-state index in [1.165, 1.54) is 5.56 Å². The summed E-state index contributed by atoms with van der Waals surface area (Å²) >= 11 is 0. The number of hydrogen-bond donors (Lipinski definition) is 1. The number of benzene rings is 2. The lowest BCUT2D eigenvalue weighted by Gasteiger charge is -2.05. The molecule has 4 aromatic rings. The fourth-order valence-corrected chi connectivity index (χ4v) is 3.32. The third-order valence-corrected chi connectivity index (χ3v) is 4.73. The Morgan fingerprint density at radius 3 is 2.70 bits per heavy atom.